The zero-order chi connectivity index (χ0) is 17.3. The number of hydrogen-bond donors (Lipinski definition) is 1. The lowest BCUT2D eigenvalue weighted by Crippen LogP contribution is -2.24. The Kier molecular flexibility index (Phi) is 4.05. The summed E-state index contributed by atoms with van der Waals surface area (Å²) in [6.07, 6.45) is 0. The van der Waals surface area contributed by atoms with Crippen molar-refractivity contribution in [3.8, 4) is 11.9 Å². The molecule has 0 amide bonds. The molecule has 0 aliphatic carbocycles. The van der Waals surface area contributed by atoms with Gasteiger partial charge in [0.05, 0.1) is 36.1 Å². The van der Waals surface area contributed by atoms with Gasteiger partial charge in [-0.2, -0.15) is 5.26 Å². The molecule has 0 saturated heterocycles. The molecular weight excluding hydrogens is 302 g/mol. The summed E-state index contributed by atoms with van der Waals surface area (Å²) in [5.74, 6) is -0.231. The molecule has 2 aromatic rings. The number of rotatable bonds is 3. The summed E-state index contributed by atoms with van der Waals surface area (Å²) < 4.78 is 5.55. The monoisotopic (exact) mass is 319 g/mol. The summed E-state index contributed by atoms with van der Waals surface area (Å²) >= 11 is 0. The molecular formula is C18H17N5O. The molecule has 1 aliphatic rings. The van der Waals surface area contributed by atoms with Gasteiger partial charge in [0.25, 0.3) is 0 Å². The minimum Gasteiger partial charge on any atom is -0.476 e. The maximum Gasteiger partial charge on any atom is 0.240 e. The van der Waals surface area contributed by atoms with Gasteiger partial charge in [-0.05, 0) is 38.5 Å². The maximum atomic E-state index is 9.61. The van der Waals surface area contributed by atoms with Crippen LogP contribution in [0.4, 0.5) is 0 Å². The van der Waals surface area contributed by atoms with Crippen LogP contribution in [0.2, 0.25) is 0 Å². The molecule has 2 heterocycles. The summed E-state index contributed by atoms with van der Waals surface area (Å²) in [7, 11) is 0. The Morgan fingerprint density at radius 2 is 2.21 bits per heavy atom. The molecule has 1 aromatic carbocycles. The maximum absolute atomic E-state index is 9.61. The van der Waals surface area contributed by atoms with E-state index in [9.17, 15) is 5.26 Å². The van der Waals surface area contributed by atoms with E-state index >= 15 is 0 Å². The number of aromatic nitrogens is 2. The molecule has 0 bridgehead atoms. The predicted octanol–water partition coefficient (Wildman–Crippen LogP) is 3.81. The van der Waals surface area contributed by atoms with E-state index < -0.39 is 5.92 Å². The number of ether oxygens (including phenoxy) is 1. The van der Waals surface area contributed by atoms with Crippen LogP contribution in [0.25, 0.3) is 15.7 Å². The van der Waals surface area contributed by atoms with Crippen molar-refractivity contribution >= 4 is 16.6 Å². The van der Waals surface area contributed by atoms with Crippen LogP contribution in [-0.2, 0) is 0 Å². The molecule has 3 rings (SSSR count). The van der Waals surface area contributed by atoms with Crippen molar-refractivity contribution in [3.05, 3.63) is 46.6 Å². The smallest absolute Gasteiger partial charge is 0.240 e. The first-order chi connectivity index (χ1) is 11.6. The number of fused-ring (bicyclic) bond motifs is 1. The van der Waals surface area contributed by atoms with Gasteiger partial charge in [0.1, 0.15) is 0 Å². The molecule has 1 aliphatic heterocycles. The fraction of sp³-hybridized carbons (Fsp3) is 0.333. The van der Waals surface area contributed by atoms with Gasteiger partial charge in [0.15, 0.2) is 5.70 Å². The quantitative estimate of drug-likeness (QED) is 0.874. The highest BCUT2D eigenvalue weighted by Crippen LogP contribution is 2.40. The average molecular weight is 319 g/mol. The summed E-state index contributed by atoms with van der Waals surface area (Å²) in [5, 5.41) is 17.6. The van der Waals surface area contributed by atoms with Crippen LogP contribution >= 0.6 is 0 Å². The summed E-state index contributed by atoms with van der Waals surface area (Å²) in [6.45, 7) is 13.6. The van der Waals surface area contributed by atoms with E-state index in [0.29, 0.717) is 23.9 Å². The van der Waals surface area contributed by atoms with Crippen molar-refractivity contribution in [2.45, 2.75) is 26.7 Å². The standard InChI is InChI=1S/C18H17N5O/c1-5-24-18-13-8-12(6-7-15(13)22-23-18)16-14(9-19)10(2)21-11(3)17(16)20-4/h6-8,14,16H,5H2,1-3H3,(H,22,23). The normalized spacial score (nSPS) is 20.5. The van der Waals surface area contributed by atoms with Gasteiger partial charge in [0, 0.05) is 17.3 Å². The molecule has 6 heteroatoms. The number of aromatic amines is 1. The lowest BCUT2D eigenvalue weighted by Gasteiger charge is -2.26. The highest BCUT2D eigenvalue weighted by atomic mass is 16.5. The number of hydrogen-bond acceptors (Lipinski definition) is 4. The number of nitriles is 1. The van der Waals surface area contributed by atoms with Crippen LogP contribution < -0.4 is 4.74 Å². The zero-order valence-electron chi connectivity index (χ0n) is 13.8. The molecule has 1 N–H and O–H groups in total. The van der Waals surface area contributed by atoms with Crippen molar-refractivity contribution in [1.29, 1.82) is 5.26 Å². The molecule has 2 atom stereocenters. The van der Waals surface area contributed by atoms with Crippen molar-refractivity contribution in [1.82, 2.24) is 10.2 Å². The fourth-order valence-electron chi connectivity index (χ4n) is 3.13. The number of nitrogens with zero attached hydrogens (tertiary/aromatic N) is 4. The lowest BCUT2D eigenvalue weighted by atomic mass is 9.79. The second-order valence-corrected chi connectivity index (χ2v) is 5.69. The van der Waals surface area contributed by atoms with Crippen LogP contribution in [0.5, 0.6) is 5.88 Å². The van der Waals surface area contributed by atoms with E-state index in [1.807, 2.05) is 39.0 Å². The minimum absolute atomic E-state index is 0.321. The van der Waals surface area contributed by atoms with E-state index in [0.717, 1.165) is 22.2 Å². The molecule has 0 fully saturated rings. The van der Waals surface area contributed by atoms with Gasteiger partial charge < -0.3 is 4.74 Å². The molecule has 0 radical (unpaired) electrons. The van der Waals surface area contributed by atoms with Crippen LogP contribution in [0.15, 0.2) is 34.6 Å². The lowest BCUT2D eigenvalue weighted by molar-refractivity contribution is 0.330. The van der Waals surface area contributed by atoms with Crippen LogP contribution in [0.3, 0.4) is 0 Å². The topological polar surface area (TPSA) is 78.4 Å². The number of benzene rings is 1. The SMILES string of the molecule is [C-]#[N+]C1=C(C)N=C(C)C(C#N)C1c1ccc2[nH]nc(OCC)c2c1. The van der Waals surface area contributed by atoms with Crippen LogP contribution in [0, 0.1) is 23.8 Å². The first-order valence-corrected chi connectivity index (χ1v) is 7.74. The van der Waals surface area contributed by atoms with E-state index in [1.165, 1.54) is 0 Å². The third-order valence-electron chi connectivity index (χ3n) is 4.24. The van der Waals surface area contributed by atoms with Gasteiger partial charge >= 0.3 is 0 Å². The minimum atomic E-state index is -0.447. The Bertz CT molecular complexity index is 938. The Morgan fingerprint density at radius 3 is 2.88 bits per heavy atom. The highest BCUT2D eigenvalue weighted by molar-refractivity contribution is 5.91. The number of allylic oxidation sites excluding steroid dienone is 2. The van der Waals surface area contributed by atoms with Crippen molar-refractivity contribution < 1.29 is 4.74 Å². The van der Waals surface area contributed by atoms with Gasteiger partial charge in [-0.15, -0.1) is 5.10 Å². The molecule has 6 nitrogen and oxygen atoms in total. The summed E-state index contributed by atoms with van der Waals surface area (Å²) in [5.41, 5.74) is 3.70. The van der Waals surface area contributed by atoms with Gasteiger partial charge in [-0.1, -0.05) is 6.07 Å². The van der Waals surface area contributed by atoms with Gasteiger partial charge in [-0.25, -0.2) is 4.85 Å². The largest absolute Gasteiger partial charge is 0.476 e. The number of H-pyrrole nitrogens is 1. The van der Waals surface area contributed by atoms with Gasteiger partial charge in [0.2, 0.25) is 5.88 Å². The second kappa shape index (κ2) is 6.17. The van der Waals surface area contributed by atoms with Crippen molar-refractivity contribution in [2.75, 3.05) is 6.61 Å². The summed E-state index contributed by atoms with van der Waals surface area (Å²) in [4.78, 5) is 8.04. The van der Waals surface area contributed by atoms with Crippen molar-refractivity contribution in [3.63, 3.8) is 0 Å². The number of nitrogens with one attached hydrogen (secondary N) is 1. The van der Waals surface area contributed by atoms with E-state index in [2.05, 4.69) is 26.1 Å². The Labute approximate surface area is 140 Å². The molecule has 0 spiro atoms. The van der Waals surface area contributed by atoms with Crippen LogP contribution in [0.1, 0.15) is 32.3 Å². The summed E-state index contributed by atoms with van der Waals surface area (Å²) in [6, 6.07) is 8.10. The number of aliphatic imine (C=N–C) groups is 1. The molecule has 2 unspecified atom stereocenters. The van der Waals surface area contributed by atoms with Gasteiger partial charge in [-0.3, -0.25) is 10.1 Å². The molecule has 1 aromatic heterocycles. The third kappa shape index (κ3) is 2.43. The predicted molar refractivity (Wildman–Crippen MR) is 91.5 cm³/mol. The Morgan fingerprint density at radius 1 is 1.42 bits per heavy atom. The molecule has 120 valence electrons. The second-order valence-electron chi connectivity index (χ2n) is 5.69. The fourth-order valence-corrected chi connectivity index (χ4v) is 3.13. The van der Waals surface area contributed by atoms with E-state index in [-0.39, 0.29) is 5.92 Å². The van der Waals surface area contributed by atoms with Crippen LogP contribution in [-0.4, -0.2) is 22.5 Å². The Balaban J connectivity index is 2.17. The highest BCUT2D eigenvalue weighted by Gasteiger charge is 2.34. The average Bonchev–Trinajstić information content (AvgIpc) is 2.97. The first kappa shape index (κ1) is 15.8. The molecule has 24 heavy (non-hydrogen) atoms. The van der Waals surface area contributed by atoms with E-state index in [4.69, 9.17) is 11.3 Å². The van der Waals surface area contributed by atoms with Crippen molar-refractivity contribution in [2.24, 2.45) is 10.9 Å². The third-order valence-corrected chi connectivity index (χ3v) is 4.24. The van der Waals surface area contributed by atoms with E-state index in [1.54, 1.807) is 0 Å². The first-order valence-electron chi connectivity index (χ1n) is 7.74. The zero-order valence-corrected chi connectivity index (χ0v) is 13.8. The molecule has 0 saturated carbocycles. The Hall–Kier alpha value is -3.12.